The molecule has 1 saturated carbocycles. The monoisotopic (exact) mass is 598 g/mol. The van der Waals surface area contributed by atoms with Crippen molar-refractivity contribution in [1.82, 2.24) is 19.6 Å². The molecule has 1 saturated heterocycles. The normalized spacial score (nSPS) is 24.6. The van der Waals surface area contributed by atoms with Gasteiger partial charge in [-0.05, 0) is 48.4 Å². The molecule has 0 bridgehead atoms. The summed E-state index contributed by atoms with van der Waals surface area (Å²) < 4.78 is 67.4. The molecule has 13 heteroatoms. The van der Waals surface area contributed by atoms with Crippen molar-refractivity contribution in [3.63, 3.8) is 0 Å². The number of ether oxygens (including phenoxy) is 2. The third-order valence-electron chi connectivity index (χ3n) is 8.08. The maximum Gasteiger partial charge on any atom is 0.229 e. The van der Waals surface area contributed by atoms with Gasteiger partial charge in [0.25, 0.3) is 0 Å². The summed E-state index contributed by atoms with van der Waals surface area (Å²) in [5.41, 5.74) is 8.37. The van der Waals surface area contributed by atoms with Crippen LogP contribution in [0, 0.1) is 17.6 Å². The van der Waals surface area contributed by atoms with Gasteiger partial charge in [-0.2, -0.15) is 9.61 Å². The van der Waals surface area contributed by atoms with E-state index in [1.165, 1.54) is 16.8 Å². The van der Waals surface area contributed by atoms with Crippen molar-refractivity contribution in [2.75, 3.05) is 24.8 Å². The number of imidazole rings is 1. The van der Waals surface area contributed by atoms with E-state index < -0.39 is 32.8 Å². The average molecular weight is 599 g/mol. The number of hydrogen-bond donors (Lipinski definition) is 2. The predicted octanol–water partition coefficient (Wildman–Crippen LogP) is 4.23. The van der Waals surface area contributed by atoms with Crippen molar-refractivity contribution < 1.29 is 26.7 Å². The van der Waals surface area contributed by atoms with Crippen LogP contribution in [0.1, 0.15) is 37.7 Å². The van der Waals surface area contributed by atoms with E-state index in [9.17, 15) is 8.42 Å². The number of benzene rings is 1. The maximum absolute atomic E-state index is 15.2. The third kappa shape index (κ3) is 5.55. The Kier molecular flexibility index (Phi) is 7.58. The minimum atomic E-state index is -3.29. The molecule has 2 aliphatic rings. The standard InChI is InChI=1S/C29H32F2N6O4S/c1-16-9-17(10-24(32)28(16)42(2,38)39)21-5-7-33-14-26(21)35-29-34-13-18-3-4-25(36-37(18)29)27-22(30)11-20(12-23(27)31)41-19-6-8-40-15-19/h3-5,7,11-14,16-17,19,24,28H,6,8-10,15,32H2,1-2H3,(H,34,35)/t16-,17+,19?,24+,28+/m0/s1. The zero-order valence-corrected chi connectivity index (χ0v) is 24.0. The lowest BCUT2D eigenvalue weighted by Gasteiger charge is -2.38. The molecule has 0 spiro atoms. The highest BCUT2D eigenvalue weighted by atomic mass is 32.2. The highest BCUT2D eigenvalue weighted by Crippen LogP contribution is 2.41. The molecule has 10 nitrogen and oxygen atoms in total. The van der Waals surface area contributed by atoms with Crippen LogP contribution in [0.25, 0.3) is 16.8 Å². The molecule has 1 aliphatic carbocycles. The van der Waals surface area contributed by atoms with Crippen LogP contribution in [0.3, 0.4) is 0 Å². The summed E-state index contributed by atoms with van der Waals surface area (Å²) in [6, 6.07) is 6.90. The summed E-state index contributed by atoms with van der Waals surface area (Å²) in [6.45, 7) is 2.85. The minimum absolute atomic E-state index is 0.00651. The minimum Gasteiger partial charge on any atom is -0.488 e. The Balaban J connectivity index is 1.28. The van der Waals surface area contributed by atoms with E-state index in [4.69, 9.17) is 15.2 Å². The van der Waals surface area contributed by atoms with Gasteiger partial charge in [0, 0.05) is 37.0 Å². The van der Waals surface area contributed by atoms with Gasteiger partial charge in [0.05, 0.1) is 53.3 Å². The van der Waals surface area contributed by atoms with E-state index >= 15 is 8.78 Å². The molecule has 42 heavy (non-hydrogen) atoms. The number of pyridine rings is 1. The van der Waals surface area contributed by atoms with Crippen LogP contribution in [0.2, 0.25) is 0 Å². The molecule has 1 aliphatic heterocycles. The van der Waals surface area contributed by atoms with E-state index in [-0.39, 0.29) is 34.9 Å². The lowest BCUT2D eigenvalue weighted by Crippen LogP contribution is -2.48. The Labute approximate surface area is 242 Å². The fourth-order valence-electron chi connectivity index (χ4n) is 6.31. The SMILES string of the molecule is C[C@H]1C[C@@H](c2ccncc2Nc2ncc3ccc(-c4c(F)cc(OC5CCOC5)cc4F)nn23)C[C@@H](N)[C@@H]1S(C)(=O)=O. The Morgan fingerprint density at radius 1 is 1.14 bits per heavy atom. The molecule has 3 N–H and O–H groups in total. The Hall–Kier alpha value is -3.68. The van der Waals surface area contributed by atoms with Crippen LogP contribution < -0.4 is 15.8 Å². The van der Waals surface area contributed by atoms with Crippen LogP contribution in [0.5, 0.6) is 5.75 Å². The molecule has 3 aromatic heterocycles. The summed E-state index contributed by atoms with van der Waals surface area (Å²) >= 11 is 0. The fourth-order valence-corrected chi connectivity index (χ4v) is 8.01. The molecular formula is C29H32F2N6O4S. The number of nitrogens with zero attached hydrogens (tertiary/aromatic N) is 4. The van der Waals surface area contributed by atoms with Gasteiger partial charge in [-0.3, -0.25) is 4.98 Å². The average Bonchev–Trinajstić information content (AvgIpc) is 3.57. The first-order chi connectivity index (χ1) is 20.1. The van der Waals surface area contributed by atoms with E-state index in [0.717, 1.165) is 17.7 Å². The second kappa shape index (κ2) is 11.2. The Morgan fingerprint density at radius 3 is 2.62 bits per heavy atom. The molecule has 222 valence electrons. The molecule has 0 amide bonds. The summed E-state index contributed by atoms with van der Waals surface area (Å²) in [6.07, 6.45) is 7.73. The first kappa shape index (κ1) is 28.4. The van der Waals surface area contributed by atoms with Crippen molar-refractivity contribution in [3.8, 4) is 17.0 Å². The van der Waals surface area contributed by atoms with Gasteiger partial charge in [-0.25, -0.2) is 22.2 Å². The Bertz CT molecular complexity index is 1690. The highest BCUT2D eigenvalue weighted by Gasteiger charge is 2.40. The summed E-state index contributed by atoms with van der Waals surface area (Å²) in [5, 5.41) is 7.18. The quantitative estimate of drug-likeness (QED) is 0.321. The molecule has 2 fully saturated rings. The number of nitrogens with two attached hydrogens (primary N) is 1. The first-order valence-electron chi connectivity index (χ1n) is 13.8. The lowest BCUT2D eigenvalue weighted by molar-refractivity contribution is 0.141. The van der Waals surface area contributed by atoms with Gasteiger partial charge >= 0.3 is 0 Å². The number of rotatable bonds is 7. The fraction of sp³-hybridized carbons (Fsp3) is 0.414. The van der Waals surface area contributed by atoms with E-state index in [1.54, 1.807) is 24.7 Å². The molecule has 4 heterocycles. The molecular weight excluding hydrogens is 566 g/mol. The lowest BCUT2D eigenvalue weighted by atomic mass is 9.76. The van der Waals surface area contributed by atoms with Crippen molar-refractivity contribution >= 4 is 27.0 Å². The summed E-state index contributed by atoms with van der Waals surface area (Å²) in [7, 11) is -3.29. The molecule has 4 aromatic rings. The number of hydrogen-bond acceptors (Lipinski definition) is 9. The second-order valence-corrected chi connectivity index (χ2v) is 13.4. The third-order valence-corrected chi connectivity index (χ3v) is 9.88. The summed E-state index contributed by atoms with van der Waals surface area (Å²) in [5.74, 6) is -1.30. The van der Waals surface area contributed by atoms with Crippen LogP contribution in [0.4, 0.5) is 20.4 Å². The zero-order chi connectivity index (χ0) is 29.6. The second-order valence-electron chi connectivity index (χ2n) is 11.2. The van der Waals surface area contributed by atoms with Crippen LogP contribution in [-0.2, 0) is 14.6 Å². The molecule has 0 radical (unpaired) electrons. The van der Waals surface area contributed by atoms with Crippen molar-refractivity contribution in [3.05, 3.63) is 66.1 Å². The van der Waals surface area contributed by atoms with E-state index in [2.05, 4.69) is 20.4 Å². The predicted molar refractivity (Wildman–Crippen MR) is 153 cm³/mol. The molecule has 1 aromatic carbocycles. The van der Waals surface area contributed by atoms with Gasteiger partial charge in [-0.15, -0.1) is 0 Å². The highest BCUT2D eigenvalue weighted by molar-refractivity contribution is 7.91. The topological polar surface area (TPSA) is 134 Å². The number of anilines is 2. The maximum atomic E-state index is 15.2. The van der Waals surface area contributed by atoms with Gasteiger partial charge in [0.1, 0.15) is 23.5 Å². The van der Waals surface area contributed by atoms with Crippen LogP contribution in [0.15, 0.2) is 48.9 Å². The number of fused-ring (bicyclic) bond motifs is 1. The van der Waals surface area contributed by atoms with Crippen molar-refractivity contribution in [2.24, 2.45) is 11.7 Å². The summed E-state index contributed by atoms with van der Waals surface area (Å²) in [4.78, 5) is 8.70. The van der Waals surface area contributed by atoms with Gasteiger partial charge in [-0.1, -0.05) is 6.92 Å². The van der Waals surface area contributed by atoms with E-state index in [0.29, 0.717) is 49.6 Å². The number of aromatic nitrogens is 4. The van der Waals surface area contributed by atoms with E-state index in [1.807, 2.05) is 13.0 Å². The number of sulfone groups is 1. The largest absolute Gasteiger partial charge is 0.488 e. The number of halogens is 2. The smallest absolute Gasteiger partial charge is 0.229 e. The van der Waals surface area contributed by atoms with Crippen LogP contribution in [-0.4, -0.2) is 64.9 Å². The Morgan fingerprint density at radius 2 is 1.93 bits per heavy atom. The van der Waals surface area contributed by atoms with Crippen LogP contribution >= 0.6 is 0 Å². The molecule has 6 rings (SSSR count). The molecule has 5 atom stereocenters. The zero-order valence-electron chi connectivity index (χ0n) is 23.2. The van der Waals surface area contributed by atoms with Crippen molar-refractivity contribution in [1.29, 1.82) is 0 Å². The van der Waals surface area contributed by atoms with Crippen molar-refractivity contribution in [2.45, 2.75) is 49.5 Å². The van der Waals surface area contributed by atoms with Gasteiger partial charge < -0.3 is 20.5 Å². The van der Waals surface area contributed by atoms with Gasteiger partial charge in [0.2, 0.25) is 5.95 Å². The first-order valence-corrected chi connectivity index (χ1v) is 15.8. The van der Waals surface area contributed by atoms with Gasteiger partial charge in [0.15, 0.2) is 9.84 Å². The molecule has 1 unspecified atom stereocenters. The number of nitrogens with one attached hydrogen (secondary N) is 1.